The van der Waals surface area contributed by atoms with Crippen LogP contribution in [0.2, 0.25) is 0 Å². The number of nitrogens with one attached hydrogen (secondary N) is 2. The Bertz CT molecular complexity index is 953. The standard InChI is InChI=1S/C18H24N2O4S2/c1-4-14(3)19-26(23,24)18-8-6-7-16(13-18)20-25(21,22)17-11-9-15(5-2)10-12-17/h6-14,19-20H,4-5H2,1-3H3/t14-/m0/s1. The van der Waals surface area contributed by atoms with Gasteiger partial charge in [-0.3, -0.25) is 4.72 Å². The molecule has 0 spiro atoms. The van der Waals surface area contributed by atoms with Gasteiger partial charge >= 0.3 is 0 Å². The van der Waals surface area contributed by atoms with E-state index in [2.05, 4.69) is 9.44 Å². The van der Waals surface area contributed by atoms with Gasteiger partial charge in [0.25, 0.3) is 10.0 Å². The third kappa shape index (κ3) is 5.06. The number of aryl methyl sites for hydroxylation is 1. The highest BCUT2D eigenvalue weighted by atomic mass is 32.2. The maximum atomic E-state index is 12.5. The van der Waals surface area contributed by atoms with Crippen molar-refractivity contribution in [1.29, 1.82) is 0 Å². The zero-order valence-electron chi connectivity index (χ0n) is 15.1. The zero-order chi connectivity index (χ0) is 19.4. The summed E-state index contributed by atoms with van der Waals surface area (Å²) < 4.78 is 54.7. The Morgan fingerprint density at radius 1 is 0.885 bits per heavy atom. The maximum absolute atomic E-state index is 12.5. The molecule has 0 saturated carbocycles. The van der Waals surface area contributed by atoms with Crippen LogP contribution < -0.4 is 9.44 Å². The van der Waals surface area contributed by atoms with Crippen molar-refractivity contribution in [1.82, 2.24) is 4.72 Å². The molecule has 0 heterocycles. The predicted molar refractivity (Wildman–Crippen MR) is 103 cm³/mol. The minimum Gasteiger partial charge on any atom is -0.280 e. The lowest BCUT2D eigenvalue weighted by Crippen LogP contribution is -2.32. The fourth-order valence-electron chi connectivity index (χ4n) is 2.26. The van der Waals surface area contributed by atoms with Crippen LogP contribution in [0.25, 0.3) is 0 Å². The summed E-state index contributed by atoms with van der Waals surface area (Å²) in [6.45, 7) is 5.63. The molecule has 142 valence electrons. The molecule has 0 amide bonds. The van der Waals surface area contributed by atoms with E-state index in [9.17, 15) is 16.8 Å². The minimum atomic E-state index is -3.79. The van der Waals surface area contributed by atoms with Crippen molar-refractivity contribution in [3.63, 3.8) is 0 Å². The van der Waals surface area contributed by atoms with Crippen molar-refractivity contribution in [3.8, 4) is 0 Å². The molecule has 1 atom stereocenters. The van der Waals surface area contributed by atoms with Crippen LogP contribution in [0.3, 0.4) is 0 Å². The Balaban J connectivity index is 2.27. The van der Waals surface area contributed by atoms with E-state index in [-0.39, 0.29) is 21.5 Å². The van der Waals surface area contributed by atoms with Gasteiger partial charge in [-0.25, -0.2) is 21.6 Å². The molecule has 8 heteroatoms. The second kappa shape index (κ2) is 8.20. The van der Waals surface area contributed by atoms with Crippen LogP contribution in [0.15, 0.2) is 58.3 Å². The number of hydrogen-bond donors (Lipinski definition) is 2. The Morgan fingerprint density at radius 3 is 2.12 bits per heavy atom. The number of sulfonamides is 2. The highest BCUT2D eigenvalue weighted by Gasteiger charge is 2.19. The van der Waals surface area contributed by atoms with E-state index in [0.29, 0.717) is 6.42 Å². The number of anilines is 1. The third-order valence-electron chi connectivity index (χ3n) is 4.01. The van der Waals surface area contributed by atoms with Crippen molar-refractivity contribution >= 4 is 25.7 Å². The minimum absolute atomic E-state index is 0.0133. The van der Waals surface area contributed by atoms with Crippen molar-refractivity contribution in [3.05, 3.63) is 54.1 Å². The molecule has 0 unspecified atom stereocenters. The van der Waals surface area contributed by atoms with Crippen LogP contribution in [0.4, 0.5) is 5.69 Å². The van der Waals surface area contributed by atoms with Gasteiger partial charge in [-0.05, 0) is 55.7 Å². The Hall–Kier alpha value is -1.90. The molecule has 6 nitrogen and oxygen atoms in total. The van der Waals surface area contributed by atoms with Gasteiger partial charge < -0.3 is 0 Å². The molecule has 2 rings (SSSR count). The molecule has 0 saturated heterocycles. The maximum Gasteiger partial charge on any atom is 0.261 e. The third-order valence-corrected chi connectivity index (χ3v) is 6.99. The second-order valence-corrected chi connectivity index (χ2v) is 9.46. The summed E-state index contributed by atoms with van der Waals surface area (Å²) in [5.41, 5.74) is 1.23. The van der Waals surface area contributed by atoms with E-state index < -0.39 is 20.0 Å². The van der Waals surface area contributed by atoms with Gasteiger partial charge in [0.05, 0.1) is 15.5 Å². The van der Waals surface area contributed by atoms with Crippen molar-refractivity contribution in [2.24, 2.45) is 0 Å². The first-order valence-electron chi connectivity index (χ1n) is 8.42. The van der Waals surface area contributed by atoms with Gasteiger partial charge in [0.2, 0.25) is 10.0 Å². The predicted octanol–water partition coefficient (Wildman–Crippen LogP) is 3.13. The van der Waals surface area contributed by atoms with E-state index in [4.69, 9.17) is 0 Å². The average Bonchev–Trinajstić information content (AvgIpc) is 2.61. The van der Waals surface area contributed by atoms with Crippen LogP contribution in [0.5, 0.6) is 0 Å². The van der Waals surface area contributed by atoms with Gasteiger partial charge in [-0.1, -0.05) is 32.0 Å². The summed E-state index contributed by atoms with van der Waals surface area (Å²) in [5, 5.41) is 0. The van der Waals surface area contributed by atoms with Crippen molar-refractivity contribution in [2.75, 3.05) is 4.72 Å². The van der Waals surface area contributed by atoms with E-state index in [1.165, 1.54) is 36.4 Å². The van der Waals surface area contributed by atoms with E-state index in [1.807, 2.05) is 13.8 Å². The van der Waals surface area contributed by atoms with Gasteiger partial charge in [-0.2, -0.15) is 0 Å². The van der Waals surface area contributed by atoms with Crippen LogP contribution in [-0.2, 0) is 26.5 Å². The smallest absolute Gasteiger partial charge is 0.261 e. The summed E-state index contributed by atoms with van der Waals surface area (Å²) in [4.78, 5) is 0.139. The molecule has 0 radical (unpaired) electrons. The molecule has 26 heavy (non-hydrogen) atoms. The molecule has 2 aromatic carbocycles. The topological polar surface area (TPSA) is 92.3 Å². The molecule has 0 aliphatic carbocycles. The Labute approximate surface area is 155 Å². The van der Waals surface area contributed by atoms with Crippen LogP contribution >= 0.6 is 0 Å². The Morgan fingerprint density at radius 2 is 1.54 bits per heavy atom. The van der Waals surface area contributed by atoms with Gasteiger partial charge in [0.1, 0.15) is 0 Å². The Kier molecular flexibility index (Phi) is 6.44. The molecule has 0 bridgehead atoms. The van der Waals surface area contributed by atoms with Gasteiger partial charge in [-0.15, -0.1) is 0 Å². The van der Waals surface area contributed by atoms with Gasteiger partial charge in [0, 0.05) is 6.04 Å². The van der Waals surface area contributed by atoms with E-state index >= 15 is 0 Å². The van der Waals surface area contributed by atoms with Crippen LogP contribution in [-0.4, -0.2) is 22.9 Å². The summed E-state index contributed by atoms with van der Waals surface area (Å²) >= 11 is 0. The number of benzene rings is 2. The lowest BCUT2D eigenvalue weighted by Gasteiger charge is -2.13. The van der Waals surface area contributed by atoms with Crippen molar-refractivity contribution in [2.45, 2.75) is 49.4 Å². The lowest BCUT2D eigenvalue weighted by molar-refractivity contribution is 0.556. The van der Waals surface area contributed by atoms with Crippen molar-refractivity contribution < 1.29 is 16.8 Å². The molecular weight excluding hydrogens is 372 g/mol. The van der Waals surface area contributed by atoms with Crippen LogP contribution in [0.1, 0.15) is 32.8 Å². The molecule has 2 aromatic rings. The largest absolute Gasteiger partial charge is 0.280 e. The monoisotopic (exact) mass is 396 g/mol. The number of hydrogen-bond acceptors (Lipinski definition) is 4. The summed E-state index contributed by atoms with van der Waals surface area (Å²) in [5.74, 6) is 0. The van der Waals surface area contributed by atoms with E-state index in [0.717, 1.165) is 12.0 Å². The average molecular weight is 397 g/mol. The van der Waals surface area contributed by atoms with E-state index in [1.54, 1.807) is 19.1 Å². The molecule has 2 N–H and O–H groups in total. The summed E-state index contributed by atoms with van der Waals surface area (Å²) in [7, 11) is -7.50. The first-order valence-corrected chi connectivity index (χ1v) is 11.4. The highest BCUT2D eigenvalue weighted by molar-refractivity contribution is 7.92. The molecule has 0 fully saturated rings. The molecular formula is C18H24N2O4S2. The molecule has 0 aliphatic rings. The fourth-order valence-corrected chi connectivity index (χ4v) is 4.68. The molecule has 0 aromatic heterocycles. The first-order chi connectivity index (χ1) is 12.2. The number of rotatable bonds is 8. The molecule has 0 aliphatic heterocycles. The normalized spacial score (nSPS) is 13.3. The zero-order valence-corrected chi connectivity index (χ0v) is 16.7. The summed E-state index contributed by atoms with van der Waals surface area (Å²) in [6, 6.07) is 12.1. The second-order valence-electron chi connectivity index (χ2n) is 6.06. The first kappa shape index (κ1) is 20.4. The fraction of sp³-hybridized carbons (Fsp3) is 0.333. The quantitative estimate of drug-likeness (QED) is 0.717. The van der Waals surface area contributed by atoms with Gasteiger partial charge in [0.15, 0.2) is 0 Å². The highest BCUT2D eigenvalue weighted by Crippen LogP contribution is 2.20. The van der Waals surface area contributed by atoms with Crippen LogP contribution in [0, 0.1) is 0 Å². The SMILES string of the molecule is CCc1ccc(S(=O)(=O)Nc2cccc(S(=O)(=O)N[C@@H](C)CC)c2)cc1. The summed E-state index contributed by atoms with van der Waals surface area (Å²) in [6.07, 6.45) is 1.47. The lowest BCUT2D eigenvalue weighted by atomic mass is 10.2.